The second kappa shape index (κ2) is 7.37. The fourth-order valence-electron chi connectivity index (χ4n) is 2.01. The number of hydrogen-bond donors (Lipinski definition) is 0. The van der Waals surface area contributed by atoms with Gasteiger partial charge in [0.05, 0.1) is 11.8 Å². The first-order valence-electron chi connectivity index (χ1n) is 6.24. The molecule has 1 rings (SSSR count). The predicted molar refractivity (Wildman–Crippen MR) is 68.0 cm³/mol. The molecule has 0 aromatic heterocycles. The van der Waals surface area contributed by atoms with E-state index in [-0.39, 0.29) is 0 Å². The highest BCUT2D eigenvalue weighted by atomic mass is 16.6. The minimum absolute atomic E-state index is 0.408. The Bertz CT molecular complexity index is 401. The lowest BCUT2D eigenvalue weighted by atomic mass is 9.82. The van der Waals surface area contributed by atoms with E-state index in [0.717, 1.165) is 12.2 Å². The summed E-state index contributed by atoms with van der Waals surface area (Å²) in [6, 6.07) is 0. The third-order valence-corrected chi connectivity index (χ3v) is 3.13. The Balaban J connectivity index is 2.43. The molecule has 20 heavy (non-hydrogen) atoms. The number of carbonyl (C=O) groups excluding carboxylic acids is 4. The molecular formula is C14H16O6. The van der Waals surface area contributed by atoms with E-state index in [9.17, 15) is 19.2 Å². The van der Waals surface area contributed by atoms with Crippen molar-refractivity contribution in [1.29, 1.82) is 0 Å². The van der Waals surface area contributed by atoms with Crippen LogP contribution in [0.2, 0.25) is 0 Å². The average Bonchev–Trinajstić information content (AvgIpc) is 2.46. The Morgan fingerprint density at radius 3 is 1.30 bits per heavy atom. The lowest BCUT2D eigenvalue weighted by Crippen LogP contribution is -2.29. The lowest BCUT2D eigenvalue weighted by Gasteiger charge is -2.24. The fraction of sp³-hybridized carbons (Fsp3) is 0.429. The van der Waals surface area contributed by atoms with Gasteiger partial charge in [0.2, 0.25) is 0 Å². The first-order valence-corrected chi connectivity index (χ1v) is 6.24. The van der Waals surface area contributed by atoms with Crippen LogP contribution in [0.1, 0.15) is 25.7 Å². The molecule has 1 fully saturated rings. The van der Waals surface area contributed by atoms with Crippen LogP contribution in [0, 0.1) is 11.8 Å². The second-order valence-electron chi connectivity index (χ2n) is 4.44. The predicted octanol–water partition coefficient (Wildman–Crippen LogP) is 1.30. The van der Waals surface area contributed by atoms with Crippen LogP contribution in [-0.4, -0.2) is 23.9 Å². The Kier molecular flexibility index (Phi) is 5.83. The van der Waals surface area contributed by atoms with Crippen molar-refractivity contribution in [2.24, 2.45) is 11.8 Å². The van der Waals surface area contributed by atoms with E-state index >= 15 is 0 Å². The van der Waals surface area contributed by atoms with Crippen LogP contribution in [0.4, 0.5) is 0 Å². The van der Waals surface area contributed by atoms with Crippen LogP contribution in [0.3, 0.4) is 0 Å². The highest BCUT2D eigenvalue weighted by Gasteiger charge is 2.32. The standard InChI is InChI=1S/C14H16O6/c1-3-11(15)19-13(17)9-5-7-10(8-6-9)14(18)20-12(16)4-2/h3-4,9-10H,1-2,5-8H2. The van der Waals surface area contributed by atoms with E-state index in [1.165, 1.54) is 0 Å². The quantitative estimate of drug-likeness (QED) is 0.438. The number of hydrogen-bond acceptors (Lipinski definition) is 6. The molecule has 0 amide bonds. The van der Waals surface area contributed by atoms with Crippen molar-refractivity contribution in [1.82, 2.24) is 0 Å². The maximum Gasteiger partial charge on any atom is 0.337 e. The molecule has 0 aliphatic heterocycles. The molecule has 0 aromatic rings. The summed E-state index contributed by atoms with van der Waals surface area (Å²) in [7, 11) is 0. The molecule has 0 saturated heterocycles. The largest absolute Gasteiger partial charge is 0.390 e. The molecule has 0 aromatic carbocycles. The molecule has 0 spiro atoms. The Labute approximate surface area is 116 Å². The summed E-state index contributed by atoms with van der Waals surface area (Å²) < 4.78 is 9.07. The van der Waals surface area contributed by atoms with Gasteiger partial charge in [-0.25, -0.2) is 9.59 Å². The van der Waals surface area contributed by atoms with E-state index in [1.54, 1.807) is 0 Å². The van der Waals surface area contributed by atoms with Gasteiger partial charge in [-0.3, -0.25) is 9.59 Å². The van der Waals surface area contributed by atoms with Crippen molar-refractivity contribution in [3.63, 3.8) is 0 Å². The van der Waals surface area contributed by atoms with E-state index < -0.39 is 35.7 Å². The monoisotopic (exact) mass is 280 g/mol. The van der Waals surface area contributed by atoms with Gasteiger partial charge in [0.15, 0.2) is 0 Å². The maximum absolute atomic E-state index is 11.6. The minimum atomic E-state index is -0.784. The molecule has 0 bridgehead atoms. The second-order valence-corrected chi connectivity index (χ2v) is 4.44. The van der Waals surface area contributed by atoms with Gasteiger partial charge in [-0.2, -0.15) is 0 Å². The number of rotatable bonds is 4. The Morgan fingerprint density at radius 2 is 1.05 bits per heavy atom. The first-order chi connectivity index (χ1) is 9.47. The summed E-state index contributed by atoms with van der Waals surface area (Å²) >= 11 is 0. The summed E-state index contributed by atoms with van der Waals surface area (Å²) in [5, 5.41) is 0. The van der Waals surface area contributed by atoms with Crippen LogP contribution in [0.25, 0.3) is 0 Å². The van der Waals surface area contributed by atoms with Gasteiger partial charge in [0, 0.05) is 12.2 Å². The third kappa shape index (κ3) is 4.46. The van der Waals surface area contributed by atoms with Gasteiger partial charge in [0.25, 0.3) is 0 Å². The van der Waals surface area contributed by atoms with E-state index in [4.69, 9.17) is 0 Å². The summed E-state index contributed by atoms with van der Waals surface area (Å²) in [6.07, 6.45) is 3.47. The number of ether oxygens (including phenoxy) is 2. The van der Waals surface area contributed by atoms with Gasteiger partial charge in [-0.15, -0.1) is 0 Å². The van der Waals surface area contributed by atoms with Crippen molar-refractivity contribution in [2.45, 2.75) is 25.7 Å². The van der Waals surface area contributed by atoms with Crippen molar-refractivity contribution in [3.8, 4) is 0 Å². The van der Waals surface area contributed by atoms with Crippen molar-refractivity contribution >= 4 is 23.9 Å². The van der Waals surface area contributed by atoms with Gasteiger partial charge in [-0.1, -0.05) is 13.2 Å². The third-order valence-electron chi connectivity index (χ3n) is 3.13. The zero-order chi connectivity index (χ0) is 15.1. The zero-order valence-electron chi connectivity index (χ0n) is 11.0. The van der Waals surface area contributed by atoms with Gasteiger partial charge >= 0.3 is 23.9 Å². The first kappa shape index (κ1) is 15.8. The SMILES string of the molecule is C=CC(=O)OC(=O)C1CCC(C(=O)OC(=O)C=C)CC1. The molecule has 0 radical (unpaired) electrons. The molecular weight excluding hydrogens is 264 g/mol. The van der Waals surface area contributed by atoms with Crippen LogP contribution < -0.4 is 0 Å². The zero-order valence-corrected chi connectivity index (χ0v) is 11.0. The summed E-state index contributed by atoms with van der Waals surface area (Å²) in [6.45, 7) is 6.40. The topological polar surface area (TPSA) is 86.7 Å². The molecule has 6 heteroatoms. The lowest BCUT2D eigenvalue weighted by molar-refractivity contribution is -0.165. The molecule has 0 atom stereocenters. The van der Waals surface area contributed by atoms with Crippen molar-refractivity contribution in [2.75, 3.05) is 0 Å². The van der Waals surface area contributed by atoms with Gasteiger partial charge in [-0.05, 0) is 25.7 Å². The number of esters is 4. The van der Waals surface area contributed by atoms with Gasteiger partial charge < -0.3 is 9.47 Å². The highest BCUT2D eigenvalue weighted by molar-refractivity contribution is 5.93. The molecule has 1 saturated carbocycles. The van der Waals surface area contributed by atoms with Crippen molar-refractivity contribution < 1.29 is 28.7 Å². The minimum Gasteiger partial charge on any atom is -0.390 e. The molecule has 1 aliphatic rings. The molecule has 1 aliphatic carbocycles. The maximum atomic E-state index is 11.6. The van der Waals surface area contributed by atoms with Crippen LogP contribution in [0.5, 0.6) is 0 Å². The Morgan fingerprint density at radius 1 is 0.750 bits per heavy atom. The van der Waals surface area contributed by atoms with E-state index in [2.05, 4.69) is 22.6 Å². The van der Waals surface area contributed by atoms with E-state index in [0.29, 0.717) is 25.7 Å². The van der Waals surface area contributed by atoms with E-state index in [1.807, 2.05) is 0 Å². The summed E-state index contributed by atoms with van der Waals surface area (Å²) in [5.74, 6) is -3.62. The summed E-state index contributed by atoms with van der Waals surface area (Å²) in [4.78, 5) is 45.0. The van der Waals surface area contributed by atoms with Gasteiger partial charge in [0.1, 0.15) is 0 Å². The van der Waals surface area contributed by atoms with Crippen molar-refractivity contribution in [3.05, 3.63) is 25.3 Å². The summed E-state index contributed by atoms with van der Waals surface area (Å²) in [5.41, 5.74) is 0. The number of carbonyl (C=O) groups is 4. The van der Waals surface area contributed by atoms with Crippen LogP contribution in [-0.2, 0) is 28.7 Å². The Hall–Kier alpha value is -2.24. The molecule has 0 N–H and O–H groups in total. The smallest absolute Gasteiger partial charge is 0.337 e. The molecule has 108 valence electrons. The normalized spacial score (nSPS) is 21.4. The molecule has 0 heterocycles. The fourth-order valence-corrected chi connectivity index (χ4v) is 2.01. The average molecular weight is 280 g/mol. The van der Waals surface area contributed by atoms with Crippen LogP contribution >= 0.6 is 0 Å². The highest BCUT2D eigenvalue weighted by Crippen LogP contribution is 2.30. The van der Waals surface area contributed by atoms with Crippen LogP contribution in [0.15, 0.2) is 25.3 Å². The molecule has 6 nitrogen and oxygen atoms in total. The molecule has 0 unspecified atom stereocenters.